The van der Waals surface area contributed by atoms with Gasteiger partial charge in [-0.2, -0.15) is 0 Å². The van der Waals surface area contributed by atoms with Crippen molar-refractivity contribution in [2.24, 2.45) is 5.92 Å². The van der Waals surface area contributed by atoms with Crippen LogP contribution in [0.2, 0.25) is 0 Å². The van der Waals surface area contributed by atoms with Gasteiger partial charge in [0, 0.05) is 10.7 Å². The molecule has 0 bridgehead atoms. The Morgan fingerprint density at radius 1 is 1.62 bits per heavy atom. The van der Waals surface area contributed by atoms with Crippen LogP contribution in [0.25, 0.3) is 0 Å². The largest absolute Gasteiger partial charge is 0.476 e. The Kier molecular flexibility index (Phi) is 4.12. The summed E-state index contributed by atoms with van der Waals surface area (Å²) in [5.41, 5.74) is 0. The van der Waals surface area contributed by atoms with Gasteiger partial charge in [-0.05, 0) is 53.8 Å². The lowest BCUT2D eigenvalue weighted by Crippen LogP contribution is -2.12. The van der Waals surface area contributed by atoms with Crippen molar-refractivity contribution in [1.82, 2.24) is 10.3 Å². The molecule has 5 heteroatoms. The van der Waals surface area contributed by atoms with Crippen molar-refractivity contribution in [2.75, 3.05) is 19.7 Å². The first-order chi connectivity index (χ1) is 7.75. The molecular weight excluding hydrogens is 275 g/mol. The van der Waals surface area contributed by atoms with Crippen LogP contribution in [0.1, 0.15) is 12.8 Å². The minimum Gasteiger partial charge on any atom is -0.476 e. The molecule has 16 heavy (non-hydrogen) atoms. The SMILES string of the molecule is Fc1cc(Br)cnc1OCCC1CCNC1. The van der Waals surface area contributed by atoms with E-state index in [0.717, 1.165) is 19.5 Å². The highest BCUT2D eigenvalue weighted by Crippen LogP contribution is 2.19. The highest BCUT2D eigenvalue weighted by atomic mass is 79.9. The Bertz CT molecular complexity index is 356. The Morgan fingerprint density at radius 3 is 3.19 bits per heavy atom. The molecule has 0 amide bonds. The van der Waals surface area contributed by atoms with Crippen LogP contribution >= 0.6 is 15.9 Å². The lowest BCUT2D eigenvalue weighted by molar-refractivity contribution is 0.261. The highest BCUT2D eigenvalue weighted by molar-refractivity contribution is 9.10. The average molecular weight is 289 g/mol. The zero-order valence-corrected chi connectivity index (χ0v) is 10.5. The van der Waals surface area contributed by atoms with Gasteiger partial charge in [-0.1, -0.05) is 0 Å². The molecule has 1 atom stereocenters. The maximum Gasteiger partial charge on any atom is 0.250 e. The summed E-state index contributed by atoms with van der Waals surface area (Å²) < 4.78 is 19.3. The van der Waals surface area contributed by atoms with Gasteiger partial charge < -0.3 is 10.1 Å². The number of pyridine rings is 1. The molecule has 3 nitrogen and oxygen atoms in total. The first-order valence-electron chi connectivity index (χ1n) is 5.40. The summed E-state index contributed by atoms with van der Waals surface area (Å²) in [6, 6.07) is 1.36. The minimum atomic E-state index is -0.418. The number of aromatic nitrogens is 1. The maximum atomic E-state index is 13.3. The van der Waals surface area contributed by atoms with Crippen LogP contribution in [0.5, 0.6) is 5.88 Å². The van der Waals surface area contributed by atoms with Crippen molar-refractivity contribution in [3.8, 4) is 5.88 Å². The predicted octanol–water partition coefficient (Wildman–Crippen LogP) is 2.36. The third-order valence-corrected chi connectivity index (χ3v) is 3.13. The van der Waals surface area contributed by atoms with Gasteiger partial charge >= 0.3 is 0 Å². The molecule has 1 unspecified atom stereocenters. The van der Waals surface area contributed by atoms with Crippen LogP contribution in [0.15, 0.2) is 16.7 Å². The number of ether oxygens (including phenoxy) is 1. The van der Waals surface area contributed by atoms with Crippen molar-refractivity contribution in [1.29, 1.82) is 0 Å². The van der Waals surface area contributed by atoms with Crippen molar-refractivity contribution < 1.29 is 9.13 Å². The van der Waals surface area contributed by atoms with Gasteiger partial charge in [0.25, 0.3) is 0 Å². The number of rotatable bonds is 4. The van der Waals surface area contributed by atoms with Crippen LogP contribution < -0.4 is 10.1 Å². The third kappa shape index (κ3) is 3.15. The molecule has 0 aliphatic carbocycles. The second-order valence-electron chi connectivity index (χ2n) is 3.94. The van der Waals surface area contributed by atoms with Crippen LogP contribution in [-0.2, 0) is 0 Å². The summed E-state index contributed by atoms with van der Waals surface area (Å²) in [4.78, 5) is 3.88. The quantitative estimate of drug-likeness (QED) is 0.924. The zero-order valence-electron chi connectivity index (χ0n) is 8.88. The van der Waals surface area contributed by atoms with Gasteiger partial charge in [0.1, 0.15) is 0 Å². The van der Waals surface area contributed by atoms with E-state index in [9.17, 15) is 4.39 Å². The van der Waals surface area contributed by atoms with E-state index in [-0.39, 0.29) is 5.88 Å². The molecule has 2 heterocycles. The summed E-state index contributed by atoms with van der Waals surface area (Å²) in [6.07, 6.45) is 3.67. The van der Waals surface area contributed by atoms with E-state index in [1.165, 1.54) is 18.7 Å². The maximum absolute atomic E-state index is 13.3. The summed E-state index contributed by atoms with van der Waals surface area (Å²) >= 11 is 3.15. The van der Waals surface area contributed by atoms with Gasteiger partial charge in [-0.25, -0.2) is 9.37 Å². The van der Waals surface area contributed by atoms with Crippen LogP contribution in [0, 0.1) is 11.7 Å². The molecule has 1 aliphatic rings. The fourth-order valence-corrected chi connectivity index (χ4v) is 2.09. The average Bonchev–Trinajstić information content (AvgIpc) is 2.74. The standard InChI is InChI=1S/C11H14BrFN2O/c12-9-5-10(13)11(15-7-9)16-4-2-8-1-3-14-6-8/h5,7-8,14H,1-4,6H2. The first-order valence-corrected chi connectivity index (χ1v) is 6.19. The topological polar surface area (TPSA) is 34.1 Å². The Balaban J connectivity index is 1.80. The second-order valence-corrected chi connectivity index (χ2v) is 4.85. The van der Waals surface area contributed by atoms with E-state index in [2.05, 4.69) is 26.2 Å². The van der Waals surface area contributed by atoms with E-state index >= 15 is 0 Å². The third-order valence-electron chi connectivity index (χ3n) is 2.70. The van der Waals surface area contributed by atoms with E-state index in [1.54, 1.807) is 0 Å². The van der Waals surface area contributed by atoms with E-state index < -0.39 is 5.82 Å². The number of hydrogen-bond donors (Lipinski definition) is 1. The van der Waals surface area contributed by atoms with E-state index in [1.807, 2.05) is 0 Å². The predicted molar refractivity (Wildman–Crippen MR) is 63.0 cm³/mol. The number of halogens is 2. The molecule has 1 fully saturated rings. The molecule has 1 N–H and O–H groups in total. The molecule has 1 aliphatic heterocycles. The van der Waals surface area contributed by atoms with Crippen LogP contribution in [0.3, 0.4) is 0 Å². The zero-order chi connectivity index (χ0) is 11.4. The Morgan fingerprint density at radius 2 is 2.50 bits per heavy atom. The smallest absolute Gasteiger partial charge is 0.250 e. The summed E-state index contributed by atoms with van der Waals surface area (Å²) in [7, 11) is 0. The fourth-order valence-electron chi connectivity index (χ4n) is 1.79. The minimum absolute atomic E-state index is 0.0918. The van der Waals surface area contributed by atoms with Gasteiger partial charge in [-0.15, -0.1) is 0 Å². The van der Waals surface area contributed by atoms with Gasteiger partial charge in [0.2, 0.25) is 5.88 Å². The van der Waals surface area contributed by atoms with Crippen molar-refractivity contribution in [3.63, 3.8) is 0 Å². The van der Waals surface area contributed by atoms with Gasteiger partial charge in [0.15, 0.2) is 5.82 Å². The summed E-state index contributed by atoms with van der Waals surface area (Å²) in [6.45, 7) is 2.65. The number of hydrogen-bond acceptors (Lipinski definition) is 3. The molecule has 1 saturated heterocycles. The molecular formula is C11H14BrFN2O. The summed E-state index contributed by atoms with van der Waals surface area (Å²) in [5.74, 6) is 0.326. The highest BCUT2D eigenvalue weighted by Gasteiger charge is 2.14. The van der Waals surface area contributed by atoms with Crippen molar-refractivity contribution in [2.45, 2.75) is 12.8 Å². The normalized spacial score (nSPS) is 20.0. The van der Waals surface area contributed by atoms with Crippen LogP contribution in [-0.4, -0.2) is 24.7 Å². The lowest BCUT2D eigenvalue weighted by atomic mass is 10.1. The first kappa shape index (κ1) is 11.8. The Labute approximate surface area is 103 Å². The van der Waals surface area contributed by atoms with Crippen molar-refractivity contribution in [3.05, 3.63) is 22.6 Å². The van der Waals surface area contributed by atoms with Crippen LogP contribution in [0.4, 0.5) is 4.39 Å². The number of nitrogens with one attached hydrogen (secondary N) is 1. The molecule has 1 aromatic rings. The summed E-state index contributed by atoms with van der Waals surface area (Å²) in [5, 5.41) is 3.29. The monoisotopic (exact) mass is 288 g/mol. The molecule has 0 radical (unpaired) electrons. The molecule has 2 rings (SSSR count). The molecule has 0 aromatic carbocycles. The van der Waals surface area contributed by atoms with Gasteiger partial charge in [0.05, 0.1) is 6.61 Å². The fraction of sp³-hybridized carbons (Fsp3) is 0.545. The van der Waals surface area contributed by atoms with E-state index in [4.69, 9.17) is 4.74 Å². The second kappa shape index (κ2) is 5.59. The number of nitrogens with zero attached hydrogens (tertiary/aromatic N) is 1. The molecule has 1 aromatic heterocycles. The lowest BCUT2D eigenvalue weighted by Gasteiger charge is -2.09. The van der Waals surface area contributed by atoms with Gasteiger partial charge in [-0.3, -0.25) is 0 Å². The molecule has 0 spiro atoms. The molecule has 0 saturated carbocycles. The molecule has 88 valence electrons. The van der Waals surface area contributed by atoms with E-state index in [0.29, 0.717) is 17.0 Å². The Hall–Kier alpha value is -0.680. The van der Waals surface area contributed by atoms with Crippen molar-refractivity contribution >= 4 is 15.9 Å².